The van der Waals surface area contributed by atoms with E-state index >= 15 is 0 Å². The highest BCUT2D eigenvalue weighted by Gasteiger charge is 2.40. The van der Waals surface area contributed by atoms with Gasteiger partial charge in [0.05, 0.1) is 17.3 Å². The molecule has 1 aromatic carbocycles. The molecule has 1 atom stereocenters. The molecule has 2 aliphatic rings. The van der Waals surface area contributed by atoms with E-state index in [2.05, 4.69) is 50.7 Å². The van der Waals surface area contributed by atoms with Crippen molar-refractivity contribution in [1.29, 1.82) is 0 Å². The second-order valence-electron chi connectivity index (χ2n) is 6.77. The summed E-state index contributed by atoms with van der Waals surface area (Å²) in [5.41, 5.74) is 2.15. The molecule has 0 spiro atoms. The van der Waals surface area contributed by atoms with Crippen molar-refractivity contribution in [1.82, 2.24) is 19.8 Å². The van der Waals surface area contributed by atoms with Gasteiger partial charge in [-0.2, -0.15) is 0 Å². The molecule has 4 rings (SSSR count). The third kappa shape index (κ3) is 4.07. The zero-order valence-corrected chi connectivity index (χ0v) is 17.1. The molecule has 0 bridgehead atoms. The first-order valence-corrected chi connectivity index (χ1v) is 11.3. The molecule has 27 heavy (non-hydrogen) atoms. The maximum absolute atomic E-state index is 12.4. The van der Waals surface area contributed by atoms with Gasteiger partial charge in [0, 0.05) is 42.5 Å². The highest BCUT2D eigenvalue weighted by molar-refractivity contribution is 7.99. The highest BCUT2D eigenvalue weighted by atomic mass is 32.2. The minimum Gasteiger partial charge on any atom is -0.321 e. The molecule has 8 heteroatoms. The smallest absolute Gasteiger partial charge is 0.321 e. The van der Waals surface area contributed by atoms with E-state index < -0.39 is 0 Å². The van der Waals surface area contributed by atoms with Gasteiger partial charge in [-0.3, -0.25) is 15.2 Å². The van der Waals surface area contributed by atoms with Crippen molar-refractivity contribution >= 4 is 35.4 Å². The lowest BCUT2D eigenvalue weighted by Crippen LogP contribution is -2.61. The topological polar surface area (TPSA) is 61.4 Å². The first-order valence-electron chi connectivity index (χ1n) is 9.00. The van der Waals surface area contributed by atoms with E-state index in [9.17, 15) is 4.79 Å². The molecule has 6 nitrogen and oxygen atoms in total. The van der Waals surface area contributed by atoms with Gasteiger partial charge in [0.2, 0.25) is 0 Å². The number of aromatic nitrogens is 2. The van der Waals surface area contributed by atoms with Crippen LogP contribution in [0.2, 0.25) is 0 Å². The number of thioether (sulfide) groups is 2. The summed E-state index contributed by atoms with van der Waals surface area (Å²) in [5.74, 6) is 1.64. The number of urea groups is 1. The molecule has 1 unspecified atom stereocenters. The Morgan fingerprint density at radius 1 is 1.33 bits per heavy atom. The molecule has 2 amide bonds. The lowest BCUT2D eigenvalue weighted by Gasteiger charge is -2.45. The number of anilines is 1. The molecule has 2 aliphatic heterocycles. The van der Waals surface area contributed by atoms with Crippen LogP contribution in [0.25, 0.3) is 0 Å². The van der Waals surface area contributed by atoms with Gasteiger partial charge < -0.3 is 4.90 Å². The maximum Gasteiger partial charge on any atom is 0.323 e. The van der Waals surface area contributed by atoms with Gasteiger partial charge in [-0.1, -0.05) is 12.1 Å². The second kappa shape index (κ2) is 8.08. The molecule has 2 aromatic rings. The fourth-order valence-corrected chi connectivity index (χ4v) is 5.30. The molecule has 1 N–H and O–H groups in total. The lowest BCUT2D eigenvalue weighted by atomic mass is 10.1. The van der Waals surface area contributed by atoms with Crippen LogP contribution in [0.1, 0.15) is 16.6 Å². The fraction of sp³-hybridized carbons (Fsp3) is 0.421. The van der Waals surface area contributed by atoms with Crippen LogP contribution in [0.3, 0.4) is 0 Å². The number of hydrogen-bond donors (Lipinski definition) is 1. The quantitative estimate of drug-likeness (QED) is 0.792. The van der Waals surface area contributed by atoms with Crippen LogP contribution in [0.4, 0.5) is 10.6 Å². The van der Waals surface area contributed by atoms with Crippen molar-refractivity contribution in [2.75, 3.05) is 37.0 Å². The fourth-order valence-electron chi connectivity index (χ4n) is 3.48. The first-order chi connectivity index (χ1) is 13.1. The van der Waals surface area contributed by atoms with E-state index in [1.807, 2.05) is 23.6 Å². The summed E-state index contributed by atoms with van der Waals surface area (Å²) in [6, 6.07) is 9.12. The van der Waals surface area contributed by atoms with Crippen LogP contribution in [0.5, 0.6) is 0 Å². The standard InChI is InChI=1S/C19H23N5OS2/c1-13-9-20-10-17(21-13)22-19(25)23-11-15(12-23)24-6-7-27-18(24)14-4-3-5-16(8-14)26-2/h3-5,8-10,15,18H,6-7,11-12H2,1-2H3,(H,21,22,25). The number of nitrogens with one attached hydrogen (secondary N) is 1. The molecular formula is C19H23N5OS2. The Balaban J connectivity index is 1.36. The predicted octanol–water partition coefficient (Wildman–Crippen LogP) is 3.47. The van der Waals surface area contributed by atoms with Gasteiger partial charge in [-0.25, -0.2) is 9.78 Å². The zero-order chi connectivity index (χ0) is 18.8. The zero-order valence-electron chi connectivity index (χ0n) is 15.5. The summed E-state index contributed by atoms with van der Waals surface area (Å²) in [6.07, 6.45) is 5.36. The van der Waals surface area contributed by atoms with Crippen molar-refractivity contribution in [3.05, 3.63) is 47.9 Å². The first kappa shape index (κ1) is 18.6. The number of amides is 2. The number of aryl methyl sites for hydroxylation is 1. The minimum absolute atomic E-state index is 0.0982. The number of carbonyl (C=O) groups is 1. The van der Waals surface area contributed by atoms with Gasteiger partial charge in [0.25, 0.3) is 0 Å². The van der Waals surface area contributed by atoms with Crippen LogP contribution in [0, 0.1) is 6.92 Å². The summed E-state index contributed by atoms with van der Waals surface area (Å²) in [6.45, 7) is 4.44. The Hall–Kier alpha value is -1.77. The number of nitrogens with zero attached hydrogens (tertiary/aromatic N) is 4. The van der Waals surface area contributed by atoms with Crippen molar-refractivity contribution in [3.63, 3.8) is 0 Å². The lowest BCUT2D eigenvalue weighted by molar-refractivity contribution is 0.0631. The molecule has 142 valence electrons. The summed E-state index contributed by atoms with van der Waals surface area (Å²) < 4.78 is 0. The van der Waals surface area contributed by atoms with Crippen molar-refractivity contribution in [2.24, 2.45) is 0 Å². The molecule has 0 radical (unpaired) electrons. The Kier molecular flexibility index (Phi) is 5.56. The molecule has 1 aromatic heterocycles. The van der Waals surface area contributed by atoms with Gasteiger partial charge in [-0.15, -0.1) is 23.5 Å². The number of hydrogen-bond acceptors (Lipinski definition) is 6. The predicted molar refractivity (Wildman–Crippen MR) is 111 cm³/mol. The average Bonchev–Trinajstić information content (AvgIpc) is 3.10. The van der Waals surface area contributed by atoms with Crippen LogP contribution in [-0.2, 0) is 0 Å². The Morgan fingerprint density at radius 3 is 2.96 bits per heavy atom. The summed E-state index contributed by atoms with van der Waals surface area (Å²) in [7, 11) is 0. The van der Waals surface area contributed by atoms with Gasteiger partial charge in [0.1, 0.15) is 0 Å². The van der Waals surface area contributed by atoms with Crippen molar-refractivity contribution < 1.29 is 4.79 Å². The summed E-state index contributed by atoms with van der Waals surface area (Å²) in [5, 5.41) is 3.22. The van der Waals surface area contributed by atoms with Crippen LogP contribution >= 0.6 is 23.5 Å². The average molecular weight is 402 g/mol. The monoisotopic (exact) mass is 401 g/mol. The molecule has 3 heterocycles. The SMILES string of the molecule is CSc1cccc(C2SCCN2C2CN(C(=O)Nc3cncc(C)n3)C2)c1. The van der Waals surface area contributed by atoms with Gasteiger partial charge >= 0.3 is 6.03 Å². The molecule has 0 saturated carbocycles. The van der Waals surface area contributed by atoms with Gasteiger partial charge in [0.15, 0.2) is 5.82 Å². The van der Waals surface area contributed by atoms with E-state index in [4.69, 9.17) is 0 Å². The molecule has 0 aliphatic carbocycles. The number of likely N-dealkylation sites (tertiary alicyclic amines) is 1. The van der Waals surface area contributed by atoms with E-state index in [1.54, 1.807) is 24.2 Å². The molecule has 2 fully saturated rings. The van der Waals surface area contributed by atoms with Crippen molar-refractivity contribution in [2.45, 2.75) is 23.2 Å². The van der Waals surface area contributed by atoms with Gasteiger partial charge in [-0.05, 0) is 30.9 Å². The third-order valence-electron chi connectivity index (χ3n) is 4.91. The summed E-state index contributed by atoms with van der Waals surface area (Å²) in [4.78, 5) is 26.5. The van der Waals surface area contributed by atoms with Crippen LogP contribution in [0.15, 0.2) is 41.6 Å². The largest absolute Gasteiger partial charge is 0.323 e. The third-order valence-corrected chi connectivity index (χ3v) is 6.92. The van der Waals surface area contributed by atoms with E-state index in [0.29, 0.717) is 17.2 Å². The van der Waals surface area contributed by atoms with Crippen LogP contribution < -0.4 is 5.32 Å². The highest BCUT2D eigenvalue weighted by Crippen LogP contribution is 2.41. The van der Waals surface area contributed by atoms with Crippen LogP contribution in [-0.4, -0.2) is 63.5 Å². The number of rotatable bonds is 4. The maximum atomic E-state index is 12.4. The number of benzene rings is 1. The second-order valence-corrected chi connectivity index (χ2v) is 8.84. The minimum atomic E-state index is -0.0982. The number of carbonyl (C=O) groups excluding carboxylic acids is 1. The summed E-state index contributed by atoms with van der Waals surface area (Å²) >= 11 is 3.77. The Bertz CT molecular complexity index is 827. The molecular weight excluding hydrogens is 378 g/mol. The Morgan fingerprint density at radius 2 is 2.19 bits per heavy atom. The Labute approximate surface area is 168 Å². The normalized spacial score (nSPS) is 20.5. The van der Waals surface area contributed by atoms with E-state index in [-0.39, 0.29) is 6.03 Å². The van der Waals surface area contributed by atoms with E-state index in [0.717, 1.165) is 31.1 Å². The molecule has 2 saturated heterocycles. The van der Waals surface area contributed by atoms with E-state index in [1.165, 1.54) is 10.5 Å². The van der Waals surface area contributed by atoms with Crippen molar-refractivity contribution in [3.8, 4) is 0 Å².